The molecule has 3 heterocycles. The molecule has 1 aliphatic rings. The topological polar surface area (TPSA) is 92.0 Å². The smallest absolute Gasteiger partial charge is 0.247 e. The van der Waals surface area contributed by atoms with E-state index in [1.54, 1.807) is 13.4 Å². The average Bonchev–Trinajstić information content (AvgIpc) is 3.14. The number of benzene rings is 1. The number of aromatic nitrogens is 5. The molecule has 0 atom stereocenters. The number of thioether (sulfide) groups is 1. The molecule has 0 bridgehead atoms. The molecular formula is C20H19N5O3S. The van der Waals surface area contributed by atoms with Crippen LogP contribution in [-0.4, -0.2) is 32.1 Å². The van der Waals surface area contributed by atoms with Gasteiger partial charge in [0.15, 0.2) is 5.16 Å². The van der Waals surface area contributed by atoms with E-state index >= 15 is 0 Å². The van der Waals surface area contributed by atoms with Crippen LogP contribution >= 0.6 is 11.8 Å². The lowest BCUT2D eigenvalue weighted by Crippen LogP contribution is -2.05. The molecule has 1 aliphatic carbocycles. The number of hydrogen-bond donors (Lipinski definition) is 0. The number of furan rings is 1. The molecular weight excluding hydrogens is 390 g/mol. The summed E-state index contributed by atoms with van der Waals surface area (Å²) >= 11 is 1.53. The summed E-state index contributed by atoms with van der Waals surface area (Å²) in [6, 6.07) is 11.4. The van der Waals surface area contributed by atoms with Crippen LogP contribution in [0.15, 0.2) is 56.7 Å². The number of ether oxygens (including phenoxy) is 1. The van der Waals surface area contributed by atoms with Gasteiger partial charge in [-0.2, -0.15) is 0 Å². The molecule has 0 N–H and O–H groups in total. The first-order valence-electron chi connectivity index (χ1n) is 9.35. The molecule has 0 radical (unpaired) electrons. The Hall–Kier alpha value is -3.07. The van der Waals surface area contributed by atoms with E-state index in [4.69, 9.17) is 13.6 Å². The van der Waals surface area contributed by atoms with E-state index in [2.05, 4.69) is 25.0 Å². The molecule has 1 saturated carbocycles. The number of nitrogens with zero attached hydrogens (tertiary/aromatic N) is 5. The van der Waals surface area contributed by atoms with Crippen molar-refractivity contribution in [3.05, 3.63) is 60.1 Å². The molecule has 1 fully saturated rings. The van der Waals surface area contributed by atoms with Crippen molar-refractivity contribution in [2.75, 3.05) is 7.11 Å². The highest BCUT2D eigenvalue weighted by molar-refractivity contribution is 7.98. The van der Waals surface area contributed by atoms with Crippen LogP contribution in [0.2, 0.25) is 0 Å². The molecule has 8 nitrogen and oxygen atoms in total. The fraction of sp³-hybridized carbons (Fsp3) is 0.300. The maximum atomic E-state index is 5.82. The van der Waals surface area contributed by atoms with Gasteiger partial charge in [-0.15, -0.1) is 20.4 Å². The zero-order valence-corrected chi connectivity index (χ0v) is 16.6. The van der Waals surface area contributed by atoms with Crippen molar-refractivity contribution < 1.29 is 13.6 Å². The van der Waals surface area contributed by atoms with E-state index < -0.39 is 0 Å². The molecule has 4 aromatic rings. The van der Waals surface area contributed by atoms with Crippen LogP contribution in [0.5, 0.6) is 5.75 Å². The average molecular weight is 409 g/mol. The maximum absolute atomic E-state index is 5.82. The van der Waals surface area contributed by atoms with Gasteiger partial charge in [0.2, 0.25) is 11.8 Å². The molecule has 0 saturated heterocycles. The van der Waals surface area contributed by atoms with Crippen molar-refractivity contribution in [1.82, 2.24) is 25.0 Å². The first-order chi connectivity index (χ1) is 14.3. The Labute approximate surface area is 171 Å². The molecule has 0 aliphatic heterocycles. The van der Waals surface area contributed by atoms with E-state index in [9.17, 15) is 0 Å². The summed E-state index contributed by atoms with van der Waals surface area (Å²) in [7, 11) is 1.64. The van der Waals surface area contributed by atoms with Crippen molar-refractivity contribution in [2.24, 2.45) is 0 Å². The largest absolute Gasteiger partial charge is 0.497 e. The summed E-state index contributed by atoms with van der Waals surface area (Å²) in [5, 5.41) is 17.9. The van der Waals surface area contributed by atoms with Gasteiger partial charge in [0.1, 0.15) is 17.3 Å². The number of methoxy groups -OCH3 is 1. The van der Waals surface area contributed by atoms with E-state index in [1.807, 2.05) is 36.4 Å². The van der Waals surface area contributed by atoms with Crippen molar-refractivity contribution >= 4 is 11.8 Å². The zero-order valence-electron chi connectivity index (χ0n) is 15.8. The van der Waals surface area contributed by atoms with E-state index in [0.717, 1.165) is 40.9 Å². The van der Waals surface area contributed by atoms with E-state index in [0.29, 0.717) is 30.0 Å². The second-order valence-corrected chi connectivity index (χ2v) is 7.74. The van der Waals surface area contributed by atoms with E-state index in [-0.39, 0.29) is 0 Å². The van der Waals surface area contributed by atoms with Gasteiger partial charge in [0.05, 0.1) is 25.7 Å². The SMILES string of the molecule is COc1ccc(-c2nnc(CSc3nnc(C4CC4)n3Cc3ccco3)o2)cc1. The van der Waals surface area contributed by atoms with Gasteiger partial charge in [-0.3, -0.25) is 4.57 Å². The predicted octanol–water partition coefficient (Wildman–Crippen LogP) is 4.15. The molecule has 148 valence electrons. The standard InChI is InChI=1S/C20H19N5O3S/c1-26-15-8-6-14(7-9-15)19-23-21-17(28-19)12-29-20-24-22-18(13-4-5-13)25(20)11-16-3-2-10-27-16/h2-3,6-10,13H,4-5,11-12H2,1H3. The molecule has 0 amide bonds. The Bertz CT molecular complexity index is 1080. The fourth-order valence-electron chi connectivity index (χ4n) is 3.05. The first-order valence-corrected chi connectivity index (χ1v) is 10.3. The predicted molar refractivity (Wildman–Crippen MR) is 106 cm³/mol. The third-order valence-corrected chi connectivity index (χ3v) is 5.66. The minimum atomic E-state index is 0.485. The lowest BCUT2D eigenvalue weighted by atomic mass is 10.2. The number of rotatable bonds is 8. The van der Waals surface area contributed by atoms with Gasteiger partial charge in [-0.05, 0) is 49.2 Å². The molecule has 1 aromatic carbocycles. The maximum Gasteiger partial charge on any atom is 0.247 e. The summed E-state index contributed by atoms with van der Waals surface area (Å²) < 4.78 is 18.6. The van der Waals surface area contributed by atoms with Crippen LogP contribution in [0, 0.1) is 0 Å². The molecule has 0 unspecified atom stereocenters. The van der Waals surface area contributed by atoms with Crippen molar-refractivity contribution in [2.45, 2.75) is 36.2 Å². The summed E-state index contributed by atoms with van der Waals surface area (Å²) in [4.78, 5) is 0. The van der Waals surface area contributed by atoms with Gasteiger partial charge in [0.25, 0.3) is 0 Å². The van der Waals surface area contributed by atoms with Gasteiger partial charge in [-0.1, -0.05) is 11.8 Å². The third-order valence-electron chi connectivity index (χ3n) is 4.71. The Morgan fingerprint density at radius 1 is 1.10 bits per heavy atom. The van der Waals surface area contributed by atoms with E-state index in [1.165, 1.54) is 11.8 Å². The minimum Gasteiger partial charge on any atom is -0.497 e. The second-order valence-electron chi connectivity index (χ2n) is 6.80. The third kappa shape index (κ3) is 3.91. The minimum absolute atomic E-state index is 0.485. The monoisotopic (exact) mass is 409 g/mol. The summed E-state index contributed by atoms with van der Waals surface area (Å²) in [5.74, 6) is 4.73. The Balaban J connectivity index is 1.31. The van der Waals surface area contributed by atoms with Crippen LogP contribution < -0.4 is 4.74 Å². The van der Waals surface area contributed by atoms with Crippen molar-refractivity contribution in [3.8, 4) is 17.2 Å². The van der Waals surface area contributed by atoms with Crippen molar-refractivity contribution in [3.63, 3.8) is 0 Å². The summed E-state index contributed by atoms with van der Waals surface area (Å²) in [6.45, 7) is 0.620. The van der Waals surface area contributed by atoms with Gasteiger partial charge in [0, 0.05) is 11.5 Å². The fourth-order valence-corrected chi connectivity index (χ4v) is 3.83. The quantitative estimate of drug-likeness (QED) is 0.401. The number of hydrogen-bond acceptors (Lipinski definition) is 8. The van der Waals surface area contributed by atoms with Crippen molar-refractivity contribution in [1.29, 1.82) is 0 Å². The van der Waals surface area contributed by atoms with Crippen LogP contribution in [0.4, 0.5) is 0 Å². The normalized spacial score (nSPS) is 13.7. The van der Waals surface area contributed by atoms with Gasteiger partial charge < -0.3 is 13.6 Å². The van der Waals surface area contributed by atoms with Gasteiger partial charge >= 0.3 is 0 Å². The molecule has 5 rings (SSSR count). The zero-order chi connectivity index (χ0) is 19.6. The van der Waals surface area contributed by atoms with Crippen LogP contribution in [0.3, 0.4) is 0 Å². The molecule has 0 spiro atoms. The summed E-state index contributed by atoms with van der Waals surface area (Å²) in [5.41, 5.74) is 0.853. The second kappa shape index (κ2) is 7.75. The lowest BCUT2D eigenvalue weighted by molar-refractivity contribution is 0.415. The highest BCUT2D eigenvalue weighted by Gasteiger charge is 2.30. The Morgan fingerprint density at radius 2 is 1.97 bits per heavy atom. The lowest BCUT2D eigenvalue weighted by Gasteiger charge is -2.07. The molecule has 3 aromatic heterocycles. The van der Waals surface area contributed by atoms with Gasteiger partial charge in [-0.25, -0.2) is 0 Å². The Kier molecular flexibility index (Phi) is 4.81. The molecule has 29 heavy (non-hydrogen) atoms. The van der Waals surface area contributed by atoms with Crippen LogP contribution in [0.1, 0.15) is 36.2 Å². The first kappa shape index (κ1) is 18.0. The Morgan fingerprint density at radius 3 is 2.69 bits per heavy atom. The summed E-state index contributed by atoms with van der Waals surface area (Å²) in [6.07, 6.45) is 4.01. The highest BCUT2D eigenvalue weighted by atomic mass is 32.2. The van der Waals surface area contributed by atoms with Crippen LogP contribution in [-0.2, 0) is 12.3 Å². The molecule has 9 heteroatoms. The highest BCUT2D eigenvalue weighted by Crippen LogP contribution is 2.40. The van der Waals surface area contributed by atoms with Crippen LogP contribution in [0.25, 0.3) is 11.5 Å².